The Hall–Kier alpha value is -0.570. The summed E-state index contributed by atoms with van der Waals surface area (Å²) in [4.78, 5) is 14.9. The number of amides is 1. The van der Waals surface area contributed by atoms with Crippen LogP contribution in [0.4, 0.5) is 0 Å². The maximum atomic E-state index is 12.7. The highest BCUT2D eigenvalue weighted by molar-refractivity contribution is 5.79. The van der Waals surface area contributed by atoms with Crippen LogP contribution >= 0.6 is 0 Å². The fraction of sp³-hybridized carbons (Fsp3) is 0.938. The fourth-order valence-electron chi connectivity index (χ4n) is 3.82. The van der Waals surface area contributed by atoms with Gasteiger partial charge in [0.2, 0.25) is 5.91 Å². The monoisotopic (exact) mass is 266 g/mol. The van der Waals surface area contributed by atoms with Crippen molar-refractivity contribution in [1.29, 1.82) is 0 Å². The standard InChI is InChI=1S/C16H30N2O/c1-16(2)9-5-4-6-14(16)15(19)18-10-7-13(8-11-18)12-17-3/h13-14,17H,4-12H2,1-3H3. The summed E-state index contributed by atoms with van der Waals surface area (Å²) in [7, 11) is 2.02. The smallest absolute Gasteiger partial charge is 0.226 e. The van der Waals surface area contributed by atoms with Gasteiger partial charge < -0.3 is 10.2 Å². The molecule has 0 aromatic carbocycles. The van der Waals surface area contributed by atoms with Crippen LogP contribution in [0, 0.1) is 17.3 Å². The highest BCUT2D eigenvalue weighted by atomic mass is 16.2. The van der Waals surface area contributed by atoms with E-state index < -0.39 is 0 Å². The molecule has 1 aliphatic heterocycles. The molecule has 2 aliphatic rings. The van der Waals surface area contributed by atoms with Crippen LogP contribution in [0.1, 0.15) is 52.4 Å². The average Bonchev–Trinajstić information content (AvgIpc) is 2.39. The lowest BCUT2D eigenvalue weighted by molar-refractivity contribution is -0.142. The normalized spacial score (nSPS) is 28.4. The molecule has 1 N–H and O–H groups in total. The Morgan fingerprint density at radius 1 is 1.21 bits per heavy atom. The number of likely N-dealkylation sites (tertiary alicyclic amines) is 1. The number of rotatable bonds is 3. The van der Waals surface area contributed by atoms with Gasteiger partial charge in [-0.15, -0.1) is 0 Å². The molecular formula is C16H30N2O. The van der Waals surface area contributed by atoms with E-state index in [9.17, 15) is 4.79 Å². The molecule has 110 valence electrons. The zero-order valence-electron chi connectivity index (χ0n) is 12.9. The maximum Gasteiger partial charge on any atom is 0.226 e. The van der Waals surface area contributed by atoms with Gasteiger partial charge in [0, 0.05) is 19.0 Å². The number of carbonyl (C=O) groups is 1. The summed E-state index contributed by atoms with van der Waals surface area (Å²) >= 11 is 0. The SMILES string of the molecule is CNCC1CCN(C(=O)C2CCCCC2(C)C)CC1. The van der Waals surface area contributed by atoms with Crippen LogP contribution in [0.25, 0.3) is 0 Å². The van der Waals surface area contributed by atoms with E-state index in [2.05, 4.69) is 24.1 Å². The molecule has 1 saturated heterocycles. The fourth-order valence-corrected chi connectivity index (χ4v) is 3.82. The number of hydrogen-bond acceptors (Lipinski definition) is 2. The van der Waals surface area contributed by atoms with E-state index in [1.165, 1.54) is 32.1 Å². The number of nitrogens with one attached hydrogen (secondary N) is 1. The molecule has 1 atom stereocenters. The van der Waals surface area contributed by atoms with Gasteiger partial charge in [0.05, 0.1) is 0 Å². The van der Waals surface area contributed by atoms with E-state index in [4.69, 9.17) is 0 Å². The Balaban J connectivity index is 1.90. The van der Waals surface area contributed by atoms with Gasteiger partial charge >= 0.3 is 0 Å². The second-order valence-electron chi connectivity index (χ2n) is 7.11. The Kier molecular flexibility index (Phi) is 4.88. The Labute approximate surface area is 118 Å². The third kappa shape index (κ3) is 3.50. The minimum Gasteiger partial charge on any atom is -0.342 e. The molecular weight excluding hydrogens is 236 g/mol. The molecule has 2 fully saturated rings. The Morgan fingerprint density at radius 2 is 1.89 bits per heavy atom. The van der Waals surface area contributed by atoms with E-state index >= 15 is 0 Å². The molecule has 1 amide bonds. The third-order valence-corrected chi connectivity index (χ3v) is 5.22. The van der Waals surface area contributed by atoms with Crippen molar-refractivity contribution in [3.05, 3.63) is 0 Å². The molecule has 1 unspecified atom stereocenters. The molecule has 3 nitrogen and oxygen atoms in total. The summed E-state index contributed by atoms with van der Waals surface area (Å²) < 4.78 is 0. The summed E-state index contributed by atoms with van der Waals surface area (Å²) in [6, 6.07) is 0. The number of nitrogens with zero attached hydrogens (tertiary/aromatic N) is 1. The topological polar surface area (TPSA) is 32.3 Å². The van der Waals surface area contributed by atoms with Gasteiger partial charge in [-0.05, 0) is 50.6 Å². The average molecular weight is 266 g/mol. The highest BCUT2D eigenvalue weighted by Gasteiger charge is 2.39. The number of piperidine rings is 1. The summed E-state index contributed by atoms with van der Waals surface area (Å²) in [5.41, 5.74) is 0.206. The zero-order chi connectivity index (χ0) is 13.9. The first-order valence-electron chi connectivity index (χ1n) is 7.98. The van der Waals surface area contributed by atoms with Crippen LogP contribution < -0.4 is 5.32 Å². The molecule has 0 spiro atoms. The van der Waals surface area contributed by atoms with Crippen LogP contribution in [-0.4, -0.2) is 37.5 Å². The van der Waals surface area contributed by atoms with Crippen LogP contribution in [0.3, 0.4) is 0 Å². The van der Waals surface area contributed by atoms with Gasteiger partial charge in [-0.25, -0.2) is 0 Å². The van der Waals surface area contributed by atoms with E-state index in [0.717, 1.165) is 32.0 Å². The van der Waals surface area contributed by atoms with Crippen molar-refractivity contribution < 1.29 is 4.79 Å². The minimum absolute atomic E-state index is 0.206. The second-order valence-corrected chi connectivity index (χ2v) is 7.11. The van der Waals surface area contributed by atoms with E-state index in [-0.39, 0.29) is 11.3 Å². The Morgan fingerprint density at radius 3 is 2.47 bits per heavy atom. The van der Waals surface area contributed by atoms with E-state index in [0.29, 0.717) is 5.91 Å². The second kappa shape index (κ2) is 6.25. The van der Waals surface area contributed by atoms with Crippen molar-refractivity contribution >= 4 is 5.91 Å². The van der Waals surface area contributed by atoms with Gasteiger partial charge in [0.15, 0.2) is 0 Å². The number of carbonyl (C=O) groups excluding carboxylic acids is 1. The molecule has 0 bridgehead atoms. The molecule has 19 heavy (non-hydrogen) atoms. The largest absolute Gasteiger partial charge is 0.342 e. The Bertz CT molecular complexity index is 306. The number of hydrogen-bond donors (Lipinski definition) is 1. The van der Waals surface area contributed by atoms with Crippen LogP contribution in [0.5, 0.6) is 0 Å². The minimum atomic E-state index is 0.206. The summed E-state index contributed by atoms with van der Waals surface area (Å²) in [5.74, 6) is 1.46. The third-order valence-electron chi connectivity index (χ3n) is 5.22. The first kappa shape index (κ1) is 14.8. The summed E-state index contributed by atoms with van der Waals surface area (Å²) in [6.07, 6.45) is 7.17. The highest BCUT2D eigenvalue weighted by Crippen LogP contribution is 2.41. The van der Waals surface area contributed by atoms with Gasteiger partial charge in [0.1, 0.15) is 0 Å². The zero-order valence-corrected chi connectivity index (χ0v) is 12.9. The molecule has 2 rings (SSSR count). The lowest BCUT2D eigenvalue weighted by Gasteiger charge is -2.42. The molecule has 0 aromatic rings. The van der Waals surface area contributed by atoms with Crippen molar-refractivity contribution in [2.45, 2.75) is 52.4 Å². The lowest BCUT2D eigenvalue weighted by atomic mass is 9.68. The van der Waals surface area contributed by atoms with Crippen molar-refractivity contribution in [1.82, 2.24) is 10.2 Å². The van der Waals surface area contributed by atoms with Crippen LogP contribution in [-0.2, 0) is 4.79 Å². The van der Waals surface area contributed by atoms with E-state index in [1.807, 2.05) is 7.05 Å². The molecule has 0 radical (unpaired) electrons. The van der Waals surface area contributed by atoms with Crippen molar-refractivity contribution in [3.8, 4) is 0 Å². The van der Waals surface area contributed by atoms with Gasteiger partial charge in [-0.3, -0.25) is 4.79 Å². The van der Waals surface area contributed by atoms with Crippen LogP contribution in [0.2, 0.25) is 0 Å². The van der Waals surface area contributed by atoms with E-state index in [1.54, 1.807) is 0 Å². The van der Waals surface area contributed by atoms with Crippen LogP contribution in [0.15, 0.2) is 0 Å². The molecule has 1 aliphatic carbocycles. The summed E-state index contributed by atoms with van der Waals surface area (Å²) in [5, 5.41) is 3.25. The first-order chi connectivity index (χ1) is 9.04. The maximum absolute atomic E-state index is 12.7. The molecule has 0 aromatic heterocycles. The molecule has 3 heteroatoms. The molecule has 1 heterocycles. The van der Waals surface area contributed by atoms with Crippen molar-refractivity contribution in [2.75, 3.05) is 26.7 Å². The van der Waals surface area contributed by atoms with Crippen molar-refractivity contribution in [3.63, 3.8) is 0 Å². The quantitative estimate of drug-likeness (QED) is 0.852. The lowest BCUT2D eigenvalue weighted by Crippen LogP contribution is -2.47. The summed E-state index contributed by atoms with van der Waals surface area (Å²) in [6.45, 7) is 7.59. The predicted octanol–water partition coefficient (Wildman–Crippen LogP) is 2.66. The molecule has 1 saturated carbocycles. The van der Waals surface area contributed by atoms with Gasteiger partial charge in [0.25, 0.3) is 0 Å². The first-order valence-corrected chi connectivity index (χ1v) is 7.98. The van der Waals surface area contributed by atoms with Crippen molar-refractivity contribution in [2.24, 2.45) is 17.3 Å². The van der Waals surface area contributed by atoms with Gasteiger partial charge in [-0.2, -0.15) is 0 Å². The predicted molar refractivity (Wildman–Crippen MR) is 79.0 cm³/mol. The van der Waals surface area contributed by atoms with Gasteiger partial charge in [-0.1, -0.05) is 26.7 Å².